The van der Waals surface area contributed by atoms with Gasteiger partial charge in [0, 0.05) is 11.8 Å². The van der Waals surface area contributed by atoms with Crippen LogP contribution in [0.5, 0.6) is 0 Å². The average molecular weight is 266 g/mol. The molecule has 0 aromatic carbocycles. The van der Waals surface area contributed by atoms with E-state index in [0.717, 1.165) is 12.8 Å². The summed E-state index contributed by atoms with van der Waals surface area (Å²) in [5, 5.41) is 9.48. The third-order valence-electron chi connectivity index (χ3n) is 2.53. The Bertz CT molecular complexity index is 492. The molecule has 1 rings (SSSR count). The van der Waals surface area contributed by atoms with Crippen LogP contribution >= 0.6 is 11.8 Å². The number of rotatable bonds is 6. The SMILES string of the molecule is CCCc1nc(SCC(N)CC)[nH]c(=O)c1C#N. The van der Waals surface area contributed by atoms with Crippen LogP contribution < -0.4 is 11.3 Å². The highest BCUT2D eigenvalue weighted by molar-refractivity contribution is 7.99. The third kappa shape index (κ3) is 3.86. The van der Waals surface area contributed by atoms with Crippen molar-refractivity contribution in [2.75, 3.05) is 5.75 Å². The van der Waals surface area contributed by atoms with Crippen molar-refractivity contribution < 1.29 is 0 Å². The van der Waals surface area contributed by atoms with E-state index in [1.165, 1.54) is 11.8 Å². The van der Waals surface area contributed by atoms with Gasteiger partial charge >= 0.3 is 0 Å². The van der Waals surface area contributed by atoms with Crippen molar-refractivity contribution in [3.05, 3.63) is 21.6 Å². The Morgan fingerprint density at radius 3 is 2.83 bits per heavy atom. The first-order valence-electron chi connectivity index (χ1n) is 6.04. The molecule has 1 aromatic heterocycles. The van der Waals surface area contributed by atoms with Gasteiger partial charge in [0.1, 0.15) is 11.6 Å². The fourth-order valence-electron chi connectivity index (χ4n) is 1.40. The van der Waals surface area contributed by atoms with E-state index >= 15 is 0 Å². The number of hydrogen-bond donors (Lipinski definition) is 2. The summed E-state index contributed by atoms with van der Waals surface area (Å²) < 4.78 is 0. The summed E-state index contributed by atoms with van der Waals surface area (Å²) in [6.45, 7) is 4.01. The summed E-state index contributed by atoms with van der Waals surface area (Å²) in [6, 6.07) is 2.00. The van der Waals surface area contributed by atoms with Gasteiger partial charge in [-0.15, -0.1) is 0 Å². The second-order valence-corrected chi connectivity index (χ2v) is 5.04. The van der Waals surface area contributed by atoms with Crippen LogP contribution in [0.1, 0.15) is 37.9 Å². The van der Waals surface area contributed by atoms with Crippen molar-refractivity contribution in [1.82, 2.24) is 9.97 Å². The van der Waals surface area contributed by atoms with Gasteiger partial charge in [-0.1, -0.05) is 32.0 Å². The Morgan fingerprint density at radius 1 is 1.56 bits per heavy atom. The lowest BCUT2D eigenvalue weighted by atomic mass is 10.1. The molecule has 1 heterocycles. The number of aromatic amines is 1. The minimum absolute atomic E-state index is 0.0885. The molecule has 0 radical (unpaired) electrons. The van der Waals surface area contributed by atoms with Gasteiger partial charge < -0.3 is 10.7 Å². The maximum absolute atomic E-state index is 11.7. The Kier molecular flexibility index (Phi) is 5.89. The number of nitrogens with two attached hydrogens (primary N) is 1. The summed E-state index contributed by atoms with van der Waals surface area (Å²) in [7, 11) is 0. The Morgan fingerprint density at radius 2 is 2.28 bits per heavy atom. The molecule has 98 valence electrons. The maximum Gasteiger partial charge on any atom is 0.269 e. The first-order valence-corrected chi connectivity index (χ1v) is 7.02. The van der Waals surface area contributed by atoms with Crippen LogP contribution in [0, 0.1) is 11.3 Å². The van der Waals surface area contributed by atoms with Crippen molar-refractivity contribution in [3.63, 3.8) is 0 Å². The second kappa shape index (κ2) is 7.19. The number of nitrogens with zero attached hydrogens (tertiary/aromatic N) is 2. The van der Waals surface area contributed by atoms with Crippen LogP contribution in [0.2, 0.25) is 0 Å². The highest BCUT2D eigenvalue weighted by Gasteiger charge is 2.11. The highest BCUT2D eigenvalue weighted by atomic mass is 32.2. The van der Waals surface area contributed by atoms with Gasteiger partial charge in [0.05, 0.1) is 5.69 Å². The lowest BCUT2D eigenvalue weighted by Crippen LogP contribution is -2.22. The Hall–Kier alpha value is -1.32. The van der Waals surface area contributed by atoms with Gasteiger partial charge in [-0.2, -0.15) is 5.26 Å². The lowest BCUT2D eigenvalue weighted by Gasteiger charge is -2.08. The molecule has 18 heavy (non-hydrogen) atoms. The van der Waals surface area contributed by atoms with Crippen molar-refractivity contribution >= 4 is 11.8 Å². The number of aromatic nitrogens is 2. The molecule has 0 saturated heterocycles. The molecule has 3 N–H and O–H groups in total. The number of hydrogen-bond acceptors (Lipinski definition) is 5. The van der Waals surface area contributed by atoms with Gasteiger partial charge in [0.25, 0.3) is 5.56 Å². The van der Waals surface area contributed by atoms with Crippen LogP contribution in [-0.4, -0.2) is 21.8 Å². The van der Waals surface area contributed by atoms with Crippen molar-refractivity contribution in [2.45, 2.75) is 44.3 Å². The van der Waals surface area contributed by atoms with E-state index in [0.29, 0.717) is 23.0 Å². The molecule has 0 fully saturated rings. The quantitative estimate of drug-likeness (QED) is 0.599. The molecule has 0 aliphatic heterocycles. The largest absolute Gasteiger partial charge is 0.327 e. The van der Waals surface area contributed by atoms with E-state index in [4.69, 9.17) is 11.0 Å². The molecule has 5 nitrogen and oxygen atoms in total. The number of aryl methyl sites for hydroxylation is 1. The molecule has 0 aliphatic carbocycles. The molecule has 0 amide bonds. The van der Waals surface area contributed by atoms with Gasteiger partial charge in [0.15, 0.2) is 5.16 Å². The lowest BCUT2D eigenvalue weighted by molar-refractivity contribution is 0.722. The van der Waals surface area contributed by atoms with E-state index in [1.54, 1.807) is 0 Å². The van der Waals surface area contributed by atoms with Gasteiger partial charge in [-0.25, -0.2) is 4.98 Å². The van der Waals surface area contributed by atoms with E-state index in [2.05, 4.69) is 9.97 Å². The fourth-order valence-corrected chi connectivity index (χ4v) is 2.35. The molecular weight excluding hydrogens is 248 g/mol. The number of nitriles is 1. The Labute approximate surface area is 111 Å². The van der Waals surface area contributed by atoms with Crippen LogP contribution in [0.4, 0.5) is 0 Å². The number of H-pyrrole nitrogens is 1. The first-order chi connectivity index (χ1) is 8.62. The first kappa shape index (κ1) is 14.7. The minimum Gasteiger partial charge on any atom is -0.327 e. The minimum atomic E-state index is -0.358. The van der Waals surface area contributed by atoms with Crippen LogP contribution in [0.3, 0.4) is 0 Å². The maximum atomic E-state index is 11.7. The smallest absolute Gasteiger partial charge is 0.269 e. The molecule has 0 spiro atoms. The summed E-state index contributed by atoms with van der Waals surface area (Å²) in [4.78, 5) is 18.7. The van der Waals surface area contributed by atoms with Gasteiger partial charge in [-0.05, 0) is 12.8 Å². The van der Waals surface area contributed by atoms with E-state index < -0.39 is 0 Å². The molecule has 0 saturated carbocycles. The molecular formula is C12H18N4OS. The van der Waals surface area contributed by atoms with Crippen molar-refractivity contribution in [1.29, 1.82) is 5.26 Å². The predicted octanol–water partition coefficient (Wildman–Crippen LogP) is 1.42. The zero-order valence-electron chi connectivity index (χ0n) is 10.7. The van der Waals surface area contributed by atoms with Gasteiger partial charge in [0.2, 0.25) is 0 Å². The molecule has 1 aromatic rings. The number of nitrogens with one attached hydrogen (secondary N) is 1. The van der Waals surface area contributed by atoms with Crippen LogP contribution in [0.15, 0.2) is 9.95 Å². The normalized spacial score (nSPS) is 12.1. The van der Waals surface area contributed by atoms with Crippen molar-refractivity contribution in [2.24, 2.45) is 5.73 Å². The highest BCUT2D eigenvalue weighted by Crippen LogP contribution is 2.15. The zero-order chi connectivity index (χ0) is 13.5. The standard InChI is InChI=1S/C12H18N4OS/c1-3-5-10-9(6-13)11(17)16-12(15-10)18-7-8(14)4-2/h8H,3-5,7,14H2,1-2H3,(H,15,16,17). The third-order valence-corrected chi connectivity index (χ3v) is 3.59. The number of thioether (sulfide) groups is 1. The van der Waals surface area contributed by atoms with Crippen LogP contribution in [-0.2, 0) is 6.42 Å². The summed E-state index contributed by atoms with van der Waals surface area (Å²) in [6.07, 6.45) is 2.37. The summed E-state index contributed by atoms with van der Waals surface area (Å²) in [5.41, 5.74) is 6.17. The molecule has 1 unspecified atom stereocenters. The zero-order valence-corrected chi connectivity index (χ0v) is 11.5. The molecule has 1 atom stereocenters. The van der Waals surface area contributed by atoms with E-state index in [-0.39, 0.29) is 17.2 Å². The van der Waals surface area contributed by atoms with E-state index in [9.17, 15) is 4.79 Å². The topological polar surface area (TPSA) is 95.6 Å². The van der Waals surface area contributed by atoms with Gasteiger partial charge in [-0.3, -0.25) is 4.79 Å². The summed E-state index contributed by atoms with van der Waals surface area (Å²) in [5.74, 6) is 0.705. The van der Waals surface area contributed by atoms with Crippen molar-refractivity contribution in [3.8, 4) is 6.07 Å². The average Bonchev–Trinajstić information content (AvgIpc) is 2.36. The van der Waals surface area contributed by atoms with Crippen LogP contribution in [0.25, 0.3) is 0 Å². The Balaban J connectivity index is 2.95. The van der Waals surface area contributed by atoms with E-state index in [1.807, 2.05) is 19.9 Å². The second-order valence-electron chi connectivity index (χ2n) is 4.03. The summed E-state index contributed by atoms with van der Waals surface area (Å²) >= 11 is 1.43. The predicted molar refractivity (Wildman–Crippen MR) is 72.6 cm³/mol. The molecule has 0 aliphatic rings. The molecule has 0 bridgehead atoms. The molecule has 6 heteroatoms. The fraction of sp³-hybridized carbons (Fsp3) is 0.583. The monoisotopic (exact) mass is 266 g/mol.